The molecule has 0 saturated carbocycles. The van der Waals surface area contributed by atoms with Gasteiger partial charge in [0.1, 0.15) is 0 Å². The summed E-state index contributed by atoms with van der Waals surface area (Å²) in [7, 11) is 0. The van der Waals surface area contributed by atoms with E-state index in [0.717, 1.165) is 32.4 Å². The van der Waals surface area contributed by atoms with E-state index in [-0.39, 0.29) is 11.7 Å². The summed E-state index contributed by atoms with van der Waals surface area (Å²) in [6, 6.07) is 10.3. The Balaban J connectivity index is 1.41. The van der Waals surface area contributed by atoms with Crippen LogP contribution < -0.4 is 0 Å². The highest BCUT2D eigenvalue weighted by Crippen LogP contribution is 2.23. The maximum atomic E-state index is 12.8. The summed E-state index contributed by atoms with van der Waals surface area (Å²) < 4.78 is 1.55. The first-order valence-electron chi connectivity index (χ1n) is 9.22. The zero-order chi connectivity index (χ0) is 17.9. The number of likely N-dealkylation sites (tertiary alicyclic amines) is 1. The molecular formula is C20H23N5O. The Morgan fingerprint density at radius 3 is 3.00 bits per heavy atom. The van der Waals surface area contributed by atoms with Gasteiger partial charge in [-0.05, 0) is 55.7 Å². The highest BCUT2D eigenvalue weighted by atomic mass is 16.2. The van der Waals surface area contributed by atoms with Gasteiger partial charge in [-0.15, -0.1) is 5.10 Å². The number of rotatable bonds is 4. The summed E-state index contributed by atoms with van der Waals surface area (Å²) in [5.41, 5.74) is 2.75. The predicted molar refractivity (Wildman–Crippen MR) is 98.9 cm³/mol. The molecule has 3 heterocycles. The van der Waals surface area contributed by atoms with E-state index in [1.807, 2.05) is 4.90 Å². The van der Waals surface area contributed by atoms with Gasteiger partial charge in [0.15, 0.2) is 0 Å². The third-order valence-electron chi connectivity index (χ3n) is 5.20. The Labute approximate surface area is 152 Å². The molecule has 1 saturated heterocycles. The second-order valence-corrected chi connectivity index (χ2v) is 7.02. The van der Waals surface area contributed by atoms with Crippen LogP contribution in [0.25, 0.3) is 5.78 Å². The number of nitrogens with zero attached hydrogens (tertiary/aromatic N) is 5. The summed E-state index contributed by atoms with van der Waals surface area (Å²) in [6.45, 7) is 3.73. The van der Waals surface area contributed by atoms with Gasteiger partial charge in [0.2, 0.25) is 5.82 Å². The molecule has 0 N–H and O–H groups in total. The molecule has 6 heteroatoms. The minimum atomic E-state index is -0.0870. The molecule has 2 aromatic heterocycles. The lowest BCUT2D eigenvalue weighted by Crippen LogP contribution is -2.40. The number of aryl methyl sites for hydroxylation is 2. The van der Waals surface area contributed by atoms with Crippen LogP contribution in [-0.2, 0) is 6.42 Å². The molecular weight excluding hydrogens is 326 g/mol. The minimum absolute atomic E-state index is 0.0870. The van der Waals surface area contributed by atoms with E-state index in [9.17, 15) is 4.79 Å². The number of piperidine rings is 1. The summed E-state index contributed by atoms with van der Waals surface area (Å²) in [4.78, 5) is 23.1. The summed E-state index contributed by atoms with van der Waals surface area (Å²) in [6.07, 6.45) is 7.80. The van der Waals surface area contributed by atoms with E-state index in [1.54, 1.807) is 23.0 Å². The number of hydrogen-bond acceptors (Lipinski definition) is 4. The van der Waals surface area contributed by atoms with Crippen molar-refractivity contribution in [2.24, 2.45) is 5.92 Å². The largest absolute Gasteiger partial charge is 0.336 e. The van der Waals surface area contributed by atoms with Crippen LogP contribution in [0.3, 0.4) is 0 Å². The lowest BCUT2D eigenvalue weighted by molar-refractivity contribution is 0.0656. The Morgan fingerprint density at radius 2 is 2.15 bits per heavy atom. The van der Waals surface area contributed by atoms with Crippen LogP contribution in [0.2, 0.25) is 0 Å². The fourth-order valence-electron chi connectivity index (χ4n) is 3.70. The summed E-state index contributed by atoms with van der Waals surface area (Å²) >= 11 is 0. The van der Waals surface area contributed by atoms with E-state index in [2.05, 4.69) is 46.3 Å². The van der Waals surface area contributed by atoms with E-state index in [4.69, 9.17) is 0 Å². The molecule has 1 aliphatic heterocycles. The standard InChI is InChI=1S/C20H23N5O/c1-15-6-2-3-8-17(15)10-9-16-7-4-12-24(14-16)19(26)18-22-20-21-11-5-13-25(20)23-18/h2-3,5-6,8,11,13,16H,4,7,9-10,12,14H2,1H3. The molecule has 0 radical (unpaired) electrons. The van der Waals surface area contributed by atoms with Gasteiger partial charge in [0.05, 0.1) is 0 Å². The van der Waals surface area contributed by atoms with Gasteiger partial charge in [0.25, 0.3) is 11.7 Å². The number of carbonyl (C=O) groups excluding carboxylic acids is 1. The van der Waals surface area contributed by atoms with Crippen LogP contribution in [0.1, 0.15) is 41.0 Å². The third kappa shape index (κ3) is 3.45. The average Bonchev–Trinajstić information content (AvgIpc) is 3.11. The lowest BCUT2D eigenvalue weighted by atomic mass is 9.90. The van der Waals surface area contributed by atoms with Gasteiger partial charge >= 0.3 is 0 Å². The highest BCUT2D eigenvalue weighted by Gasteiger charge is 2.27. The zero-order valence-corrected chi connectivity index (χ0v) is 15.0. The second kappa shape index (κ2) is 7.23. The van der Waals surface area contributed by atoms with Crippen molar-refractivity contribution in [3.8, 4) is 0 Å². The van der Waals surface area contributed by atoms with Gasteiger partial charge in [0, 0.05) is 25.5 Å². The third-order valence-corrected chi connectivity index (χ3v) is 5.20. The number of aromatic nitrogens is 4. The van der Waals surface area contributed by atoms with Crippen molar-refractivity contribution in [2.75, 3.05) is 13.1 Å². The molecule has 6 nitrogen and oxygen atoms in total. The topological polar surface area (TPSA) is 63.4 Å². The van der Waals surface area contributed by atoms with Crippen LogP contribution in [0.4, 0.5) is 0 Å². The second-order valence-electron chi connectivity index (χ2n) is 7.02. The van der Waals surface area contributed by atoms with E-state index in [0.29, 0.717) is 11.7 Å². The number of carbonyl (C=O) groups is 1. The quantitative estimate of drug-likeness (QED) is 0.726. The van der Waals surface area contributed by atoms with Gasteiger partial charge in [-0.3, -0.25) is 4.79 Å². The van der Waals surface area contributed by atoms with Crippen molar-refractivity contribution in [3.05, 3.63) is 59.7 Å². The molecule has 0 spiro atoms. The van der Waals surface area contributed by atoms with E-state index >= 15 is 0 Å². The fourth-order valence-corrected chi connectivity index (χ4v) is 3.70. The average molecular weight is 349 g/mol. The fraction of sp³-hybridized carbons (Fsp3) is 0.400. The molecule has 1 aliphatic rings. The highest BCUT2D eigenvalue weighted by molar-refractivity contribution is 5.90. The van der Waals surface area contributed by atoms with Gasteiger partial charge in [-0.25, -0.2) is 9.50 Å². The zero-order valence-electron chi connectivity index (χ0n) is 15.0. The molecule has 26 heavy (non-hydrogen) atoms. The van der Waals surface area contributed by atoms with Gasteiger partial charge in [-0.1, -0.05) is 24.3 Å². The van der Waals surface area contributed by atoms with Crippen molar-refractivity contribution in [3.63, 3.8) is 0 Å². The van der Waals surface area contributed by atoms with Crippen LogP contribution in [0, 0.1) is 12.8 Å². The number of amides is 1. The first kappa shape index (κ1) is 16.7. The van der Waals surface area contributed by atoms with Crippen molar-refractivity contribution in [1.82, 2.24) is 24.5 Å². The minimum Gasteiger partial charge on any atom is -0.336 e. The van der Waals surface area contributed by atoms with Gasteiger partial charge < -0.3 is 4.90 Å². The lowest BCUT2D eigenvalue weighted by Gasteiger charge is -2.32. The number of hydrogen-bond donors (Lipinski definition) is 0. The van der Waals surface area contributed by atoms with Crippen molar-refractivity contribution in [2.45, 2.75) is 32.6 Å². The Bertz CT molecular complexity index is 886. The van der Waals surface area contributed by atoms with Crippen molar-refractivity contribution < 1.29 is 4.79 Å². The predicted octanol–water partition coefficient (Wildman–Crippen LogP) is 2.92. The van der Waals surface area contributed by atoms with Crippen molar-refractivity contribution >= 4 is 11.7 Å². The molecule has 1 unspecified atom stereocenters. The molecule has 3 aromatic rings. The number of fused-ring (bicyclic) bond motifs is 1. The first-order valence-corrected chi connectivity index (χ1v) is 9.22. The molecule has 1 atom stereocenters. The van der Waals surface area contributed by atoms with Crippen LogP contribution in [0.5, 0.6) is 0 Å². The summed E-state index contributed by atoms with van der Waals surface area (Å²) in [5, 5.41) is 4.27. The van der Waals surface area contributed by atoms with E-state index < -0.39 is 0 Å². The molecule has 0 bridgehead atoms. The SMILES string of the molecule is Cc1ccccc1CCC1CCCN(C(=O)c2nc3ncccn3n2)C1. The normalized spacial score (nSPS) is 17.6. The molecule has 134 valence electrons. The van der Waals surface area contributed by atoms with Crippen LogP contribution in [-0.4, -0.2) is 43.5 Å². The monoisotopic (exact) mass is 349 g/mol. The maximum absolute atomic E-state index is 12.8. The van der Waals surface area contributed by atoms with Crippen LogP contribution >= 0.6 is 0 Å². The molecule has 1 amide bonds. The first-order chi connectivity index (χ1) is 12.7. The van der Waals surface area contributed by atoms with Crippen LogP contribution in [0.15, 0.2) is 42.7 Å². The maximum Gasteiger partial charge on any atom is 0.293 e. The van der Waals surface area contributed by atoms with Gasteiger partial charge in [-0.2, -0.15) is 4.98 Å². The molecule has 4 rings (SSSR count). The molecule has 0 aliphatic carbocycles. The Hall–Kier alpha value is -2.76. The van der Waals surface area contributed by atoms with E-state index in [1.165, 1.54) is 17.5 Å². The smallest absolute Gasteiger partial charge is 0.293 e. The Morgan fingerprint density at radius 1 is 1.27 bits per heavy atom. The Kier molecular flexibility index (Phi) is 4.65. The number of benzene rings is 1. The van der Waals surface area contributed by atoms with Crippen molar-refractivity contribution in [1.29, 1.82) is 0 Å². The summed E-state index contributed by atoms with van der Waals surface area (Å²) in [5.74, 6) is 1.14. The molecule has 1 fully saturated rings. The molecule has 1 aromatic carbocycles.